The number of rotatable bonds is 11. The molecular weight excluding hydrogens is 596 g/mol. The molecule has 0 spiro atoms. The first-order valence-corrected chi connectivity index (χ1v) is 15.2. The molecule has 0 saturated carbocycles. The molecular formula is C38H42N2O7. The van der Waals surface area contributed by atoms with Gasteiger partial charge in [0.2, 0.25) is 0 Å². The molecule has 9 nitrogen and oxygen atoms in total. The number of hydrogen-bond acceptors (Lipinski definition) is 7. The van der Waals surface area contributed by atoms with E-state index < -0.39 is 30.5 Å². The number of benzene rings is 4. The lowest BCUT2D eigenvalue weighted by atomic mass is 9.93. The van der Waals surface area contributed by atoms with Crippen LogP contribution in [0, 0.1) is 0 Å². The van der Waals surface area contributed by atoms with Crippen molar-refractivity contribution in [1.29, 1.82) is 0 Å². The van der Waals surface area contributed by atoms with Crippen LogP contribution in [0.25, 0.3) is 11.1 Å². The minimum atomic E-state index is -1.34. The van der Waals surface area contributed by atoms with Crippen molar-refractivity contribution in [1.82, 2.24) is 10.8 Å². The van der Waals surface area contributed by atoms with E-state index in [0.29, 0.717) is 5.92 Å². The molecule has 0 fully saturated rings. The van der Waals surface area contributed by atoms with Gasteiger partial charge in [-0.1, -0.05) is 129 Å². The molecule has 1 aliphatic rings. The maximum Gasteiger partial charge on any atom is 0.407 e. The summed E-state index contributed by atoms with van der Waals surface area (Å²) in [4.78, 5) is 39.5. The zero-order chi connectivity index (χ0) is 34.0. The summed E-state index contributed by atoms with van der Waals surface area (Å²) in [6, 6.07) is 35.6. The van der Waals surface area contributed by atoms with Crippen LogP contribution >= 0.6 is 0 Å². The molecule has 9 heteroatoms. The summed E-state index contributed by atoms with van der Waals surface area (Å²) in [5.41, 5.74) is 9.46. The first-order valence-electron chi connectivity index (χ1n) is 15.2. The maximum absolute atomic E-state index is 12.2. The molecule has 0 aromatic heterocycles. The second-order valence-electron chi connectivity index (χ2n) is 10.5. The zero-order valence-corrected chi connectivity index (χ0v) is 26.9. The summed E-state index contributed by atoms with van der Waals surface area (Å²) in [6.07, 6.45) is -0.142. The van der Waals surface area contributed by atoms with Crippen LogP contribution in [-0.2, 0) is 23.9 Å². The lowest BCUT2D eigenvalue weighted by molar-refractivity contribution is -0.149. The molecule has 3 N–H and O–H groups in total. The minimum absolute atomic E-state index is 0.0569. The molecule has 1 amide bonds. The maximum atomic E-state index is 12.2. The van der Waals surface area contributed by atoms with Crippen molar-refractivity contribution >= 4 is 18.0 Å². The van der Waals surface area contributed by atoms with E-state index in [1.807, 2.05) is 48.5 Å². The number of aliphatic carboxylic acids is 1. The van der Waals surface area contributed by atoms with Crippen LogP contribution in [0.5, 0.6) is 0 Å². The molecule has 0 radical (unpaired) electrons. The molecule has 1 atom stereocenters. The van der Waals surface area contributed by atoms with Crippen molar-refractivity contribution in [2.24, 2.45) is 0 Å². The van der Waals surface area contributed by atoms with Crippen LogP contribution < -0.4 is 10.8 Å². The smallest absolute Gasteiger partial charge is 0.407 e. The Hall–Kier alpha value is -5.25. The quantitative estimate of drug-likeness (QED) is 0.0942. The number of alkyl carbamates (subject to hydrolysis) is 1. The minimum Gasteiger partial charge on any atom is -0.481 e. The van der Waals surface area contributed by atoms with E-state index in [4.69, 9.17) is 14.6 Å². The van der Waals surface area contributed by atoms with Gasteiger partial charge in [0.15, 0.2) is 0 Å². The number of carboxylic acid groups (broad SMARTS) is 1. The molecule has 4 aromatic rings. The van der Waals surface area contributed by atoms with Crippen molar-refractivity contribution in [3.8, 4) is 11.1 Å². The van der Waals surface area contributed by atoms with Gasteiger partial charge in [-0.2, -0.15) is 0 Å². The van der Waals surface area contributed by atoms with Gasteiger partial charge in [-0.3, -0.25) is 4.79 Å². The first-order chi connectivity index (χ1) is 22.8. The Labute approximate surface area is 276 Å². The third-order valence-corrected chi connectivity index (χ3v) is 7.45. The van der Waals surface area contributed by atoms with Crippen molar-refractivity contribution in [2.75, 3.05) is 27.4 Å². The molecule has 5 rings (SSSR count). The van der Waals surface area contributed by atoms with Crippen molar-refractivity contribution in [3.63, 3.8) is 0 Å². The number of amides is 1. The van der Waals surface area contributed by atoms with Crippen molar-refractivity contribution in [2.45, 2.75) is 31.2 Å². The van der Waals surface area contributed by atoms with Gasteiger partial charge in [0.25, 0.3) is 0 Å². The lowest BCUT2D eigenvalue weighted by Crippen LogP contribution is -2.43. The largest absolute Gasteiger partial charge is 0.481 e. The van der Waals surface area contributed by atoms with E-state index >= 15 is 0 Å². The highest BCUT2D eigenvalue weighted by molar-refractivity contribution is 5.86. The second-order valence-corrected chi connectivity index (χ2v) is 10.5. The van der Waals surface area contributed by atoms with Crippen LogP contribution in [0.4, 0.5) is 4.79 Å². The summed E-state index contributed by atoms with van der Waals surface area (Å²) >= 11 is 0. The summed E-state index contributed by atoms with van der Waals surface area (Å²) < 4.78 is 10.2. The zero-order valence-electron chi connectivity index (χ0n) is 26.9. The van der Waals surface area contributed by atoms with Crippen LogP contribution in [0.15, 0.2) is 122 Å². The summed E-state index contributed by atoms with van der Waals surface area (Å²) in [6.45, 7) is 5.63. The summed E-state index contributed by atoms with van der Waals surface area (Å²) in [5, 5.41) is 11.3. The second kappa shape index (κ2) is 19.3. The summed E-state index contributed by atoms with van der Waals surface area (Å²) in [7, 11) is 3.28. The van der Waals surface area contributed by atoms with Gasteiger partial charge < -0.3 is 24.7 Å². The number of carbonyl (C=O) groups excluding carboxylic acids is 2. The Bertz CT molecular complexity index is 1490. The highest BCUT2D eigenvalue weighted by Gasteiger charge is 2.30. The van der Waals surface area contributed by atoms with E-state index in [9.17, 15) is 14.4 Å². The number of esters is 1. The normalized spacial score (nSPS) is 11.7. The van der Waals surface area contributed by atoms with Gasteiger partial charge in [-0.05, 0) is 33.4 Å². The average molecular weight is 639 g/mol. The topological polar surface area (TPSA) is 123 Å². The highest BCUT2D eigenvalue weighted by Crippen LogP contribution is 2.44. The Kier molecular flexibility index (Phi) is 14.9. The number of carbonyl (C=O) groups is 3. The predicted molar refractivity (Wildman–Crippen MR) is 182 cm³/mol. The van der Waals surface area contributed by atoms with Crippen LogP contribution in [0.1, 0.15) is 47.4 Å². The molecule has 246 valence electrons. The average Bonchev–Trinajstić information content (AvgIpc) is 3.43. The van der Waals surface area contributed by atoms with Gasteiger partial charge in [0.1, 0.15) is 19.3 Å². The van der Waals surface area contributed by atoms with E-state index in [1.165, 1.54) is 17.2 Å². The van der Waals surface area contributed by atoms with Gasteiger partial charge in [-0.15, -0.1) is 0 Å². The van der Waals surface area contributed by atoms with Crippen LogP contribution in [0.2, 0.25) is 0 Å². The molecule has 0 aliphatic heterocycles. The third-order valence-electron chi connectivity index (χ3n) is 7.45. The van der Waals surface area contributed by atoms with Gasteiger partial charge in [0, 0.05) is 18.9 Å². The number of nitrogens with one attached hydrogen (secondary N) is 2. The van der Waals surface area contributed by atoms with Crippen molar-refractivity contribution < 1.29 is 33.8 Å². The number of hydroxylamine groups is 1. The van der Waals surface area contributed by atoms with Crippen molar-refractivity contribution in [3.05, 3.63) is 144 Å². The lowest BCUT2D eigenvalue weighted by Gasteiger charge is -2.18. The predicted octanol–water partition coefficient (Wildman–Crippen LogP) is 6.70. The first kappa shape index (κ1) is 36.2. The van der Waals surface area contributed by atoms with Gasteiger partial charge >= 0.3 is 18.0 Å². The Morgan fingerprint density at radius 2 is 1.28 bits per heavy atom. The SMILES string of the molecule is C=CCOC(=O)C(CC(=O)O)NC(=O)OCC1c2ccccc2-c2ccccc21.CC(c1ccccc1)c1ccccc1.CNOC. The molecule has 4 aromatic carbocycles. The molecule has 47 heavy (non-hydrogen) atoms. The third kappa shape index (κ3) is 11.0. The monoisotopic (exact) mass is 638 g/mol. The Morgan fingerprint density at radius 1 is 0.809 bits per heavy atom. The fourth-order valence-electron chi connectivity index (χ4n) is 5.07. The Balaban J connectivity index is 0.000000275. The highest BCUT2D eigenvalue weighted by atomic mass is 16.6. The number of hydrogen-bond donors (Lipinski definition) is 3. The summed E-state index contributed by atoms with van der Waals surface area (Å²) in [5.74, 6) is -1.76. The number of ether oxygens (including phenoxy) is 2. The van der Waals surface area contributed by atoms with Crippen LogP contribution in [0.3, 0.4) is 0 Å². The molecule has 0 saturated heterocycles. The fourth-order valence-corrected chi connectivity index (χ4v) is 5.07. The standard InChI is InChI=1S/C22H21NO6.C14H14.C2H7NO/c1-2-11-28-21(26)19(12-20(24)25)23-22(27)29-13-18-16-9-5-3-7-14(16)15-8-4-6-10-17(15)18;1-12(13-8-4-2-5-9-13)14-10-6-3-7-11-14;1-3-4-2/h2-10,18-19H,1,11-13H2,(H,23,27)(H,24,25);2-12H,1H3;3H,1-2H3. The van der Waals surface area contributed by atoms with E-state index in [0.717, 1.165) is 22.3 Å². The van der Waals surface area contributed by atoms with E-state index in [-0.39, 0.29) is 19.1 Å². The van der Waals surface area contributed by atoms with Gasteiger partial charge in [0.05, 0.1) is 13.5 Å². The molecule has 0 bridgehead atoms. The molecule has 0 heterocycles. The molecule has 1 unspecified atom stereocenters. The van der Waals surface area contributed by atoms with E-state index in [2.05, 4.69) is 89.8 Å². The number of fused-ring (bicyclic) bond motifs is 3. The molecule has 1 aliphatic carbocycles. The van der Waals surface area contributed by atoms with Gasteiger partial charge in [-0.25, -0.2) is 15.1 Å². The Morgan fingerprint density at radius 3 is 1.72 bits per heavy atom. The number of carboxylic acids is 1. The van der Waals surface area contributed by atoms with Crippen LogP contribution in [-0.4, -0.2) is 56.6 Å². The van der Waals surface area contributed by atoms with E-state index in [1.54, 1.807) is 14.2 Å². The fraction of sp³-hybridized carbons (Fsp3) is 0.237.